The van der Waals surface area contributed by atoms with Crippen LogP contribution in [-0.2, 0) is 20.5 Å². The molecule has 0 N–H and O–H groups in total. The molecule has 1 saturated heterocycles. The summed E-state index contributed by atoms with van der Waals surface area (Å²) in [5.74, 6) is -1.42. The molecule has 1 aliphatic heterocycles. The summed E-state index contributed by atoms with van der Waals surface area (Å²) in [5, 5.41) is 0. The lowest BCUT2D eigenvalue weighted by atomic mass is 9.97. The number of ether oxygens (including phenoxy) is 1. The van der Waals surface area contributed by atoms with E-state index in [0.29, 0.717) is 35.7 Å². The van der Waals surface area contributed by atoms with Gasteiger partial charge in [0.2, 0.25) is 5.91 Å². The molecule has 3 rings (SSSR count). The Bertz CT molecular complexity index is 997. The summed E-state index contributed by atoms with van der Waals surface area (Å²) >= 11 is 1.08. The van der Waals surface area contributed by atoms with Gasteiger partial charge >= 0.3 is 12.1 Å². The van der Waals surface area contributed by atoms with E-state index in [1.165, 1.54) is 48.4 Å². The summed E-state index contributed by atoms with van der Waals surface area (Å²) in [4.78, 5) is 26.5. The minimum Gasteiger partial charge on any atom is -0.469 e. The number of esters is 1. The first-order valence-electron chi connectivity index (χ1n) is 9.87. The highest BCUT2D eigenvalue weighted by atomic mass is 32.2. The average molecular weight is 467 g/mol. The summed E-state index contributed by atoms with van der Waals surface area (Å²) in [7, 11) is 1.31. The molecule has 1 amide bonds. The number of nitrogens with zero attached hydrogens (tertiary/aromatic N) is 1. The van der Waals surface area contributed by atoms with Crippen molar-refractivity contribution in [3.8, 4) is 0 Å². The first-order chi connectivity index (χ1) is 15.2. The second-order valence-corrected chi connectivity index (χ2v) is 8.41. The van der Waals surface area contributed by atoms with Gasteiger partial charge < -0.3 is 9.64 Å². The predicted molar refractivity (Wildman–Crippen MR) is 112 cm³/mol. The lowest BCUT2D eigenvalue weighted by Crippen LogP contribution is -2.39. The molecular formula is C23H21F4NO3S. The molecule has 0 aromatic heterocycles. The van der Waals surface area contributed by atoms with Crippen LogP contribution in [0.15, 0.2) is 58.3 Å². The lowest BCUT2D eigenvalue weighted by Gasteiger charge is -2.29. The van der Waals surface area contributed by atoms with Gasteiger partial charge in [0.25, 0.3) is 0 Å². The van der Waals surface area contributed by atoms with Crippen LogP contribution in [0.1, 0.15) is 24.0 Å². The number of likely N-dealkylation sites (tertiary alicyclic amines) is 1. The van der Waals surface area contributed by atoms with Gasteiger partial charge in [-0.2, -0.15) is 13.2 Å². The molecule has 0 radical (unpaired) electrons. The van der Waals surface area contributed by atoms with Crippen molar-refractivity contribution in [1.82, 2.24) is 4.90 Å². The van der Waals surface area contributed by atoms with Gasteiger partial charge in [-0.1, -0.05) is 17.8 Å². The molecular weight excluding hydrogens is 446 g/mol. The maximum atomic E-state index is 13.6. The van der Waals surface area contributed by atoms with E-state index in [2.05, 4.69) is 0 Å². The van der Waals surface area contributed by atoms with Gasteiger partial charge in [-0.25, -0.2) is 4.39 Å². The second kappa shape index (κ2) is 10.2. The molecule has 1 fully saturated rings. The predicted octanol–water partition coefficient (Wildman–Crippen LogP) is 5.42. The maximum Gasteiger partial charge on any atom is 0.417 e. The fourth-order valence-corrected chi connectivity index (χ4v) is 4.25. The SMILES string of the molecule is COC(=O)C1CCN(C(=O)/C=C/c2ccc(Sc3ccc(F)cc3)cc2C(F)(F)F)CC1. The molecule has 1 aliphatic rings. The second-order valence-electron chi connectivity index (χ2n) is 7.26. The van der Waals surface area contributed by atoms with Crippen molar-refractivity contribution < 1.29 is 31.9 Å². The van der Waals surface area contributed by atoms with Crippen LogP contribution in [0.4, 0.5) is 17.6 Å². The molecule has 0 unspecified atom stereocenters. The Balaban J connectivity index is 1.72. The van der Waals surface area contributed by atoms with Crippen LogP contribution in [0.25, 0.3) is 6.08 Å². The highest BCUT2D eigenvalue weighted by Crippen LogP contribution is 2.37. The van der Waals surface area contributed by atoms with Crippen LogP contribution in [0.3, 0.4) is 0 Å². The Labute approximate surface area is 187 Å². The van der Waals surface area contributed by atoms with Gasteiger partial charge in [0.1, 0.15) is 5.82 Å². The summed E-state index contributed by atoms with van der Waals surface area (Å²) < 4.78 is 58.6. The molecule has 170 valence electrons. The Morgan fingerprint density at radius 1 is 1.06 bits per heavy atom. The number of alkyl halides is 3. The number of hydrogen-bond acceptors (Lipinski definition) is 4. The molecule has 1 heterocycles. The average Bonchev–Trinajstić information content (AvgIpc) is 2.78. The number of carbonyl (C=O) groups is 2. The van der Waals surface area contributed by atoms with E-state index in [4.69, 9.17) is 4.74 Å². The molecule has 4 nitrogen and oxygen atoms in total. The number of methoxy groups -OCH3 is 1. The van der Waals surface area contributed by atoms with Crippen molar-refractivity contribution in [3.05, 3.63) is 65.5 Å². The van der Waals surface area contributed by atoms with Crippen molar-refractivity contribution in [3.63, 3.8) is 0 Å². The van der Waals surface area contributed by atoms with Crippen molar-refractivity contribution in [2.24, 2.45) is 5.92 Å². The zero-order valence-electron chi connectivity index (χ0n) is 17.2. The maximum absolute atomic E-state index is 13.6. The van der Waals surface area contributed by atoms with Crippen LogP contribution in [-0.4, -0.2) is 37.0 Å². The zero-order valence-corrected chi connectivity index (χ0v) is 18.0. The third-order valence-corrected chi connectivity index (χ3v) is 6.12. The smallest absolute Gasteiger partial charge is 0.417 e. The van der Waals surface area contributed by atoms with Crippen molar-refractivity contribution in [1.29, 1.82) is 0 Å². The summed E-state index contributed by atoms with van der Waals surface area (Å²) in [6, 6.07) is 9.30. The van der Waals surface area contributed by atoms with E-state index in [0.717, 1.165) is 30.0 Å². The molecule has 0 spiro atoms. The van der Waals surface area contributed by atoms with Gasteiger partial charge in [0.15, 0.2) is 0 Å². The summed E-state index contributed by atoms with van der Waals surface area (Å²) in [6.45, 7) is 0.671. The normalized spacial score (nSPS) is 15.2. The highest BCUT2D eigenvalue weighted by molar-refractivity contribution is 7.99. The van der Waals surface area contributed by atoms with Crippen LogP contribution < -0.4 is 0 Å². The lowest BCUT2D eigenvalue weighted by molar-refractivity contribution is -0.148. The standard InChI is InChI=1S/C23H21F4NO3S/c1-31-22(30)16-10-12-28(13-11-16)21(29)9-3-15-2-6-19(14-20(15)23(25,26)27)32-18-7-4-17(24)5-8-18/h2-9,14,16H,10-13H2,1H3/b9-3+. The number of piperidine rings is 1. The Hall–Kier alpha value is -2.81. The summed E-state index contributed by atoms with van der Waals surface area (Å²) in [5.41, 5.74) is -0.989. The Kier molecular flexibility index (Phi) is 7.60. The van der Waals surface area contributed by atoms with Crippen LogP contribution in [0.2, 0.25) is 0 Å². The van der Waals surface area contributed by atoms with Crippen molar-refractivity contribution in [2.75, 3.05) is 20.2 Å². The molecule has 0 bridgehead atoms. The van der Waals surface area contributed by atoms with E-state index in [1.54, 1.807) is 0 Å². The largest absolute Gasteiger partial charge is 0.469 e. The van der Waals surface area contributed by atoms with E-state index < -0.39 is 23.5 Å². The minimum absolute atomic E-state index is 0.126. The fourth-order valence-electron chi connectivity index (χ4n) is 3.40. The van der Waals surface area contributed by atoms with Crippen molar-refractivity contribution >= 4 is 29.7 Å². The first kappa shape index (κ1) is 23.8. The van der Waals surface area contributed by atoms with E-state index >= 15 is 0 Å². The molecule has 32 heavy (non-hydrogen) atoms. The molecule has 0 saturated carbocycles. The third-order valence-electron chi connectivity index (χ3n) is 5.13. The van der Waals surface area contributed by atoms with E-state index in [-0.39, 0.29) is 17.5 Å². The Morgan fingerprint density at radius 2 is 1.69 bits per heavy atom. The van der Waals surface area contributed by atoms with Crippen LogP contribution >= 0.6 is 11.8 Å². The first-order valence-corrected chi connectivity index (χ1v) is 10.7. The number of carbonyl (C=O) groups excluding carboxylic acids is 2. The summed E-state index contributed by atoms with van der Waals surface area (Å²) in [6.07, 6.45) is -1.43. The van der Waals surface area contributed by atoms with Gasteiger partial charge in [0, 0.05) is 29.0 Å². The fraction of sp³-hybridized carbons (Fsp3) is 0.304. The van der Waals surface area contributed by atoms with Crippen LogP contribution in [0, 0.1) is 11.7 Å². The molecule has 0 aliphatic carbocycles. The molecule has 9 heteroatoms. The number of benzene rings is 2. The van der Waals surface area contributed by atoms with Gasteiger partial charge in [-0.05, 0) is 60.9 Å². The minimum atomic E-state index is -4.61. The molecule has 0 atom stereocenters. The van der Waals surface area contributed by atoms with Gasteiger partial charge in [0.05, 0.1) is 18.6 Å². The molecule has 2 aromatic carbocycles. The number of hydrogen-bond donors (Lipinski definition) is 0. The topological polar surface area (TPSA) is 46.6 Å². The molecule has 2 aromatic rings. The Morgan fingerprint density at radius 3 is 2.28 bits per heavy atom. The van der Waals surface area contributed by atoms with Gasteiger partial charge in [-0.15, -0.1) is 0 Å². The monoisotopic (exact) mass is 467 g/mol. The number of rotatable bonds is 5. The number of amides is 1. The van der Waals surface area contributed by atoms with E-state index in [9.17, 15) is 27.2 Å². The van der Waals surface area contributed by atoms with Crippen LogP contribution in [0.5, 0.6) is 0 Å². The third kappa shape index (κ3) is 6.12. The van der Waals surface area contributed by atoms with Crippen molar-refractivity contribution in [2.45, 2.75) is 28.8 Å². The zero-order chi connectivity index (χ0) is 23.3. The highest BCUT2D eigenvalue weighted by Gasteiger charge is 2.33. The van der Waals surface area contributed by atoms with Gasteiger partial charge in [-0.3, -0.25) is 9.59 Å². The van der Waals surface area contributed by atoms with E-state index in [1.807, 2.05) is 0 Å². The quantitative estimate of drug-likeness (QED) is 0.335. The number of halogens is 4.